The Kier molecular flexibility index (Phi) is 2.51. The van der Waals surface area contributed by atoms with Crippen LogP contribution in [0.5, 0.6) is 5.88 Å². The third-order valence-electron chi connectivity index (χ3n) is 2.24. The van der Waals surface area contributed by atoms with E-state index in [1.807, 2.05) is 25.1 Å². The molecule has 0 fully saturated rings. The number of benzene rings is 1. The van der Waals surface area contributed by atoms with Crippen molar-refractivity contribution in [3.05, 3.63) is 29.6 Å². The lowest BCUT2D eigenvalue weighted by Crippen LogP contribution is -2.04. The fraction of sp³-hybridized carbons (Fsp3) is 0.273. The quantitative estimate of drug-likeness (QED) is 0.801. The summed E-state index contributed by atoms with van der Waals surface area (Å²) in [5, 5.41) is 0.917. The maximum atomic E-state index is 5.52. The van der Waals surface area contributed by atoms with E-state index in [1.54, 1.807) is 7.11 Å². The van der Waals surface area contributed by atoms with E-state index in [0.717, 1.165) is 16.5 Å². The number of aromatic nitrogens is 2. The minimum absolute atomic E-state index is 0.320. The fourth-order valence-corrected chi connectivity index (χ4v) is 1.50. The molecule has 0 saturated heterocycles. The van der Waals surface area contributed by atoms with E-state index in [2.05, 4.69) is 9.97 Å². The van der Waals surface area contributed by atoms with Gasteiger partial charge in [-0.1, -0.05) is 6.07 Å². The molecule has 78 valence electrons. The molecule has 2 aromatic rings. The number of nitrogens with zero attached hydrogens (tertiary/aromatic N) is 2. The van der Waals surface area contributed by atoms with Crippen molar-refractivity contribution in [2.75, 3.05) is 7.11 Å². The van der Waals surface area contributed by atoms with E-state index >= 15 is 0 Å². The smallest absolute Gasteiger partial charge is 0.224 e. The van der Waals surface area contributed by atoms with Crippen molar-refractivity contribution in [2.45, 2.75) is 13.5 Å². The molecule has 1 aromatic carbocycles. The molecule has 0 spiro atoms. The van der Waals surface area contributed by atoms with Crippen molar-refractivity contribution in [3.8, 4) is 5.88 Å². The molecule has 0 atom stereocenters. The van der Waals surface area contributed by atoms with Gasteiger partial charge in [0.2, 0.25) is 5.88 Å². The van der Waals surface area contributed by atoms with Gasteiger partial charge in [0.15, 0.2) is 0 Å². The lowest BCUT2D eigenvalue weighted by atomic mass is 10.2. The minimum atomic E-state index is 0.320. The van der Waals surface area contributed by atoms with Crippen LogP contribution in [0.15, 0.2) is 18.2 Å². The highest BCUT2D eigenvalue weighted by molar-refractivity contribution is 5.84. The van der Waals surface area contributed by atoms with Gasteiger partial charge in [0.05, 0.1) is 24.6 Å². The number of rotatable bonds is 2. The first-order chi connectivity index (χ1) is 7.24. The summed E-state index contributed by atoms with van der Waals surface area (Å²) in [6, 6.07) is 5.97. The van der Waals surface area contributed by atoms with Crippen LogP contribution in [-0.2, 0) is 6.54 Å². The molecule has 0 aliphatic carbocycles. The first kappa shape index (κ1) is 9.86. The van der Waals surface area contributed by atoms with Crippen molar-refractivity contribution >= 4 is 10.9 Å². The Morgan fingerprint density at radius 1 is 1.33 bits per heavy atom. The van der Waals surface area contributed by atoms with Crippen molar-refractivity contribution in [1.82, 2.24) is 9.97 Å². The zero-order chi connectivity index (χ0) is 10.8. The molecule has 0 aliphatic heterocycles. The van der Waals surface area contributed by atoms with Crippen molar-refractivity contribution in [1.29, 1.82) is 0 Å². The number of hydrogen-bond acceptors (Lipinski definition) is 4. The van der Waals surface area contributed by atoms with Crippen LogP contribution < -0.4 is 10.5 Å². The molecule has 4 nitrogen and oxygen atoms in total. The Morgan fingerprint density at radius 3 is 2.80 bits per heavy atom. The van der Waals surface area contributed by atoms with Crippen molar-refractivity contribution in [3.63, 3.8) is 0 Å². The van der Waals surface area contributed by atoms with Gasteiger partial charge >= 0.3 is 0 Å². The Bertz CT molecular complexity index is 496. The SMILES string of the molecule is COc1nc(CN)nc2cc(C)ccc12. The molecular formula is C11H13N3O. The average molecular weight is 203 g/mol. The van der Waals surface area contributed by atoms with Crippen LogP contribution in [0.2, 0.25) is 0 Å². The summed E-state index contributed by atoms with van der Waals surface area (Å²) in [4.78, 5) is 8.56. The van der Waals surface area contributed by atoms with Gasteiger partial charge in [-0.25, -0.2) is 4.98 Å². The van der Waals surface area contributed by atoms with E-state index in [0.29, 0.717) is 18.2 Å². The molecular weight excluding hydrogens is 190 g/mol. The second kappa shape index (κ2) is 3.82. The maximum Gasteiger partial charge on any atom is 0.224 e. The largest absolute Gasteiger partial charge is 0.480 e. The van der Waals surface area contributed by atoms with Gasteiger partial charge in [-0.15, -0.1) is 0 Å². The number of methoxy groups -OCH3 is 1. The molecule has 2 N–H and O–H groups in total. The van der Waals surface area contributed by atoms with Gasteiger partial charge in [0.1, 0.15) is 5.82 Å². The number of ether oxygens (including phenoxy) is 1. The zero-order valence-corrected chi connectivity index (χ0v) is 8.82. The number of nitrogens with two attached hydrogens (primary N) is 1. The van der Waals surface area contributed by atoms with Gasteiger partial charge in [0.25, 0.3) is 0 Å². The summed E-state index contributed by atoms with van der Waals surface area (Å²) in [5.74, 6) is 1.19. The molecule has 0 unspecified atom stereocenters. The Morgan fingerprint density at radius 2 is 2.13 bits per heavy atom. The Balaban J connectivity index is 2.74. The lowest BCUT2D eigenvalue weighted by molar-refractivity contribution is 0.401. The van der Waals surface area contributed by atoms with Crippen LogP contribution in [0.1, 0.15) is 11.4 Å². The van der Waals surface area contributed by atoms with Crippen LogP contribution in [0, 0.1) is 6.92 Å². The third-order valence-corrected chi connectivity index (χ3v) is 2.24. The van der Waals surface area contributed by atoms with E-state index in [9.17, 15) is 0 Å². The third kappa shape index (κ3) is 1.76. The van der Waals surface area contributed by atoms with Crippen molar-refractivity contribution < 1.29 is 4.74 Å². The van der Waals surface area contributed by atoms with E-state index in [1.165, 1.54) is 0 Å². The summed E-state index contributed by atoms with van der Waals surface area (Å²) in [6.07, 6.45) is 0. The van der Waals surface area contributed by atoms with Crippen molar-refractivity contribution in [2.24, 2.45) is 5.73 Å². The van der Waals surface area contributed by atoms with Crippen LogP contribution >= 0.6 is 0 Å². The van der Waals surface area contributed by atoms with Gasteiger partial charge < -0.3 is 10.5 Å². The average Bonchev–Trinajstić information content (AvgIpc) is 2.26. The number of fused-ring (bicyclic) bond motifs is 1. The molecule has 15 heavy (non-hydrogen) atoms. The van der Waals surface area contributed by atoms with Gasteiger partial charge in [-0.3, -0.25) is 0 Å². The molecule has 0 saturated carbocycles. The maximum absolute atomic E-state index is 5.52. The molecule has 0 aliphatic rings. The topological polar surface area (TPSA) is 61.0 Å². The van der Waals surface area contributed by atoms with Gasteiger partial charge in [0, 0.05) is 0 Å². The van der Waals surface area contributed by atoms with Crippen LogP contribution in [0.4, 0.5) is 0 Å². The molecule has 2 rings (SSSR count). The first-order valence-corrected chi connectivity index (χ1v) is 4.76. The first-order valence-electron chi connectivity index (χ1n) is 4.76. The predicted octanol–water partition coefficient (Wildman–Crippen LogP) is 1.41. The predicted molar refractivity (Wildman–Crippen MR) is 58.7 cm³/mol. The van der Waals surface area contributed by atoms with Gasteiger partial charge in [-0.05, 0) is 24.6 Å². The molecule has 4 heteroatoms. The second-order valence-corrected chi connectivity index (χ2v) is 3.37. The summed E-state index contributed by atoms with van der Waals surface area (Å²) < 4.78 is 5.20. The van der Waals surface area contributed by atoms with Crippen LogP contribution in [0.25, 0.3) is 10.9 Å². The fourth-order valence-electron chi connectivity index (χ4n) is 1.50. The number of hydrogen-bond donors (Lipinski definition) is 1. The van der Waals surface area contributed by atoms with E-state index < -0.39 is 0 Å². The highest BCUT2D eigenvalue weighted by Gasteiger charge is 2.06. The molecule has 0 radical (unpaired) electrons. The monoisotopic (exact) mass is 203 g/mol. The molecule has 1 aromatic heterocycles. The van der Waals surface area contributed by atoms with E-state index in [-0.39, 0.29) is 0 Å². The normalized spacial score (nSPS) is 10.6. The van der Waals surface area contributed by atoms with Gasteiger partial charge in [-0.2, -0.15) is 4.98 Å². The standard InChI is InChI=1S/C11H13N3O/c1-7-3-4-8-9(5-7)13-10(6-12)14-11(8)15-2/h3-5H,6,12H2,1-2H3. The van der Waals surface area contributed by atoms with Crippen LogP contribution in [-0.4, -0.2) is 17.1 Å². The molecule has 1 heterocycles. The van der Waals surface area contributed by atoms with E-state index in [4.69, 9.17) is 10.5 Å². The molecule has 0 bridgehead atoms. The molecule has 0 amide bonds. The lowest BCUT2D eigenvalue weighted by Gasteiger charge is -2.06. The summed E-state index contributed by atoms with van der Waals surface area (Å²) >= 11 is 0. The summed E-state index contributed by atoms with van der Waals surface area (Å²) in [6.45, 7) is 2.34. The Hall–Kier alpha value is -1.68. The van der Waals surface area contributed by atoms with Crippen LogP contribution in [0.3, 0.4) is 0 Å². The summed E-state index contributed by atoms with van der Waals surface area (Å²) in [7, 11) is 1.60. The Labute approximate surface area is 88.1 Å². The highest BCUT2D eigenvalue weighted by atomic mass is 16.5. The summed E-state index contributed by atoms with van der Waals surface area (Å²) in [5.41, 5.74) is 7.56. The number of aryl methyl sites for hydroxylation is 1. The second-order valence-electron chi connectivity index (χ2n) is 3.37. The zero-order valence-electron chi connectivity index (χ0n) is 8.82. The highest BCUT2D eigenvalue weighted by Crippen LogP contribution is 2.22. The minimum Gasteiger partial charge on any atom is -0.480 e.